The minimum absolute atomic E-state index is 0.0186. The Morgan fingerprint density at radius 3 is 2.45 bits per heavy atom. The summed E-state index contributed by atoms with van der Waals surface area (Å²) in [4.78, 5) is 26.0. The molecular formula is C42H51NO6. The van der Waals surface area contributed by atoms with Gasteiger partial charge in [-0.15, -0.1) is 0 Å². The number of hydrogen-bond donors (Lipinski definition) is 3. The zero-order valence-corrected chi connectivity index (χ0v) is 30.2. The SMILES string of the molecule is C=C(C)[C@H]1C(=O)c2c3c(cc4c5c(n1c24)[C@@]1(C)[C@@H](CC[C@H]2[C@](C)(/C=C/C=C/C(=O)O)[C@@H](O)CC[C@@]21C)C5)C1=CC(C)(C)OC(C)(C)[C@H]1[C@@H]3O. The van der Waals surface area contributed by atoms with Crippen LogP contribution in [0.2, 0.25) is 0 Å². The van der Waals surface area contributed by atoms with Crippen molar-refractivity contribution < 1.29 is 29.6 Å². The minimum atomic E-state index is -0.996. The molecule has 6 aliphatic rings. The minimum Gasteiger partial charge on any atom is -0.478 e. The number of carboxylic acid groups (broad SMARTS) is 1. The second kappa shape index (κ2) is 9.95. The van der Waals surface area contributed by atoms with Crippen LogP contribution in [0.15, 0.2) is 48.6 Å². The van der Waals surface area contributed by atoms with Gasteiger partial charge < -0.3 is 24.6 Å². The van der Waals surface area contributed by atoms with Crippen molar-refractivity contribution in [2.75, 3.05) is 0 Å². The van der Waals surface area contributed by atoms with Crippen molar-refractivity contribution in [1.82, 2.24) is 4.57 Å². The Hall–Kier alpha value is -3.26. The van der Waals surface area contributed by atoms with Crippen LogP contribution in [0.1, 0.15) is 126 Å². The second-order valence-electron chi connectivity index (χ2n) is 17.9. The van der Waals surface area contributed by atoms with E-state index in [1.807, 2.05) is 26.8 Å². The summed E-state index contributed by atoms with van der Waals surface area (Å²) in [5, 5.41) is 34.0. The molecule has 0 spiro atoms. The summed E-state index contributed by atoms with van der Waals surface area (Å²) in [5.74, 6) is -0.741. The summed E-state index contributed by atoms with van der Waals surface area (Å²) < 4.78 is 8.85. The van der Waals surface area contributed by atoms with Crippen LogP contribution in [0.25, 0.3) is 16.5 Å². The van der Waals surface area contributed by atoms with Gasteiger partial charge in [-0.2, -0.15) is 0 Å². The Kier molecular flexibility index (Phi) is 6.69. The first-order valence-corrected chi connectivity index (χ1v) is 18.1. The maximum atomic E-state index is 14.8. The molecule has 7 heteroatoms. The number of aliphatic carboxylic acids is 1. The number of carboxylic acids is 1. The van der Waals surface area contributed by atoms with Gasteiger partial charge in [0.1, 0.15) is 6.04 Å². The molecule has 0 bridgehead atoms. The van der Waals surface area contributed by atoms with E-state index in [2.05, 4.69) is 57.9 Å². The van der Waals surface area contributed by atoms with Crippen molar-refractivity contribution in [1.29, 1.82) is 0 Å². The molecule has 0 radical (unpaired) electrons. The smallest absolute Gasteiger partial charge is 0.328 e. The number of carbonyl (C=O) groups is 2. The summed E-state index contributed by atoms with van der Waals surface area (Å²) in [5.41, 5.74) is 5.56. The van der Waals surface area contributed by atoms with Gasteiger partial charge in [-0.1, -0.05) is 51.2 Å². The van der Waals surface area contributed by atoms with E-state index >= 15 is 0 Å². The zero-order valence-electron chi connectivity index (χ0n) is 30.2. The number of hydrogen-bond acceptors (Lipinski definition) is 5. The molecule has 2 aliphatic heterocycles. The van der Waals surface area contributed by atoms with E-state index in [9.17, 15) is 19.8 Å². The Bertz CT molecular complexity index is 1970. The third kappa shape index (κ3) is 3.96. The molecular weight excluding hydrogens is 614 g/mol. The lowest BCUT2D eigenvalue weighted by atomic mass is 9.40. The van der Waals surface area contributed by atoms with Crippen molar-refractivity contribution in [3.05, 3.63) is 76.5 Å². The number of aliphatic hydroxyl groups excluding tert-OH is 2. The fraction of sp³-hybridized carbons (Fsp3) is 0.571. The molecule has 7 nitrogen and oxygen atoms in total. The van der Waals surface area contributed by atoms with Crippen molar-refractivity contribution in [2.45, 2.75) is 122 Å². The zero-order chi connectivity index (χ0) is 35.4. The van der Waals surface area contributed by atoms with E-state index in [4.69, 9.17) is 9.84 Å². The van der Waals surface area contributed by atoms with Gasteiger partial charge in [0.15, 0.2) is 5.78 Å². The van der Waals surface area contributed by atoms with Gasteiger partial charge in [0, 0.05) is 39.5 Å². The molecule has 1 aromatic heterocycles. The number of ether oxygens (including phenoxy) is 1. The fourth-order valence-corrected chi connectivity index (χ4v) is 12.5. The first kappa shape index (κ1) is 32.9. The molecule has 8 rings (SSSR count). The van der Waals surface area contributed by atoms with Gasteiger partial charge in [-0.05, 0) is 113 Å². The van der Waals surface area contributed by atoms with E-state index in [1.165, 1.54) is 11.3 Å². The molecule has 3 heterocycles. The van der Waals surface area contributed by atoms with Crippen LogP contribution in [0.5, 0.6) is 0 Å². The van der Waals surface area contributed by atoms with Crippen molar-refractivity contribution >= 4 is 28.2 Å². The van der Waals surface area contributed by atoms with Gasteiger partial charge >= 0.3 is 5.97 Å². The van der Waals surface area contributed by atoms with Crippen LogP contribution in [0.4, 0.5) is 0 Å². The van der Waals surface area contributed by atoms with Gasteiger partial charge in [-0.3, -0.25) is 4.79 Å². The Morgan fingerprint density at radius 2 is 1.78 bits per heavy atom. The number of Topliss-reactive ketones (excluding diaryl/α,β-unsaturated/α-hetero) is 1. The summed E-state index contributed by atoms with van der Waals surface area (Å²) in [6, 6.07) is 1.75. The van der Waals surface area contributed by atoms with Crippen molar-refractivity contribution in [3.63, 3.8) is 0 Å². The third-order valence-electron chi connectivity index (χ3n) is 14.4. The topological polar surface area (TPSA) is 109 Å². The first-order valence-electron chi connectivity index (χ1n) is 18.1. The number of benzene rings is 1. The predicted octanol–water partition coefficient (Wildman–Crippen LogP) is 7.79. The number of allylic oxidation sites excluding steroid dienone is 3. The van der Waals surface area contributed by atoms with E-state index in [-0.39, 0.29) is 28.4 Å². The van der Waals surface area contributed by atoms with E-state index in [1.54, 1.807) is 12.2 Å². The highest BCUT2D eigenvalue weighted by Gasteiger charge is 2.67. The van der Waals surface area contributed by atoms with E-state index < -0.39 is 40.8 Å². The first-order chi connectivity index (χ1) is 22.8. The Labute approximate surface area is 289 Å². The monoisotopic (exact) mass is 665 g/mol. The lowest BCUT2D eigenvalue weighted by Crippen LogP contribution is -2.62. The van der Waals surface area contributed by atoms with Crippen LogP contribution in [-0.2, 0) is 21.4 Å². The molecule has 2 fully saturated rings. The molecule has 1 aromatic carbocycles. The van der Waals surface area contributed by atoms with Crippen LogP contribution < -0.4 is 0 Å². The molecule has 0 amide bonds. The fourth-order valence-electron chi connectivity index (χ4n) is 12.5. The summed E-state index contributed by atoms with van der Waals surface area (Å²) >= 11 is 0. The lowest BCUT2D eigenvalue weighted by molar-refractivity contribution is -0.144. The van der Waals surface area contributed by atoms with E-state index in [0.717, 1.165) is 64.9 Å². The molecule has 260 valence electrons. The maximum absolute atomic E-state index is 14.8. The van der Waals surface area contributed by atoms with Crippen molar-refractivity contribution in [2.24, 2.45) is 28.6 Å². The quantitative estimate of drug-likeness (QED) is 0.175. The normalized spacial score (nSPS) is 39.6. The second-order valence-corrected chi connectivity index (χ2v) is 17.9. The molecule has 0 saturated heterocycles. The van der Waals surface area contributed by atoms with Crippen LogP contribution in [-0.4, -0.2) is 48.9 Å². The largest absolute Gasteiger partial charge is 0.478 e. The van der Waals surface area contributed by atoms with E-state index in [0.29, 0.717) is 17.9 Å². The van der Waals surface area contributed by atoms with Gasteiger partial charge in [0.25, 0.3) is 0 Å². The summed E-state index contributed by atoms with van der Waals surface area (Å²) in [6.07, 6.45) is 11.7. The van der Waals surface area contributed by atoms with Crippen LogP contribution in [0, 0.1) is 28.6 Å². The van der Waals surface area contributed by atoms with Gasteiger partial charge in [-0.25, -0.2) is 4.79 Å². The number of fused-ring (bicyclic) bond motifs is 11. The highest BCUT2D eigenvalue weighted by atomic mass is 16.5. The van der Waals surface area contributed by atoms with Crippen molar-refractivity contribution in [3.8, 4) is 0 Å². The average Bonchev–Trinajstić information content (AvgIpc) is 3.66. The number of rotatable bonds is 4. The highest BCUT2D eigenvalue weighted by Crippen LogP contribution is 2.71. The van der Waals surface area contributed by atoms with Crippen LogP contribution in [0.3, 0.4) is 0 Å². The molecule has 2 saturated carbocycles. The summed E-state index contributed by atoms with van der Waals surface area (Å²) in [7, 11) is 0. The predicted molar refractivity (Wildman–Crippen MR) is 190 cm³/mol. The lowest BCUT2D eigenvalue weighted by Gasteiger charge is -2.64. The standard InChI is InChI=1S/C42H51NO6/c1-21(2)33-36(48)31-30-23(26-20-38(3,4)49-39(5,6)32(26)35(30)47)19-24-25-18-22-13-14-27-40(7,16-11-10-12-29(45)46)28(44)15-17-41(27,8)42(22,9)37(25)43(33)34(24)31/h10-12,16,19-20,22,27-28,32-33,35,44,47H,1,13-15,17-18H2,2-9H3,(H,45,46)/b12-10+,16-11+/t22-,27-,28-,32+,33-,35+,40-,41-,42+/m0/s1. The van der Waals surface area contributed by atoms with Gasteiger partial charge in [0.2, 0.25) is 0 Å². The highest BCUT2D eigenvalue weighted by molar-refractivity contribution is 6.18. The maximum Gasteiger partial charge on any atom is 0.328 e. The summed E-state index contributed by atoms with van der Waals surface area (Å²) in [6.45, 7) is 21.5. The number of carbonyl (C=O) groups excluding carboxylic acids is 1. The molecule has 9 atom stereocenters. The molecule has 0 unspecified atom stereocenters. The Balaban J connectivity index is 1.37. The molecule has 3 N–H and O–H groups in total. The third-order valence-corrected chi connectivity index (χ3v) is 14.4. The number of aliphatic hydroxyl groups is 2. The average molecular weight is 666 g/mol. The molecule has 49 heavy (non-hydrogen) atoms. The molecule has 4 aliphatic carbocycles. The van der Waals surface area contributed by atoms with Gasteiger partial charge in [0.05, 0.1) is 34.5 Å². The number of aromatic nitrogens is 1. The molecule has 2 aromatic rings. The number of nitrogens with zero attached hydrogens (tertiary/aromatic N) is 1. The van der Waals surface area contributed by atoms with Crippen LogP contribution >= 0.6 is 0 Å². The Morgan fingerprint density at radius 1 is 1.06 bits per heavy atom. The number of ketones is 1.